The number of hydrogen-bond acceptors (Lipinski definition) is 3. The van der Waals surface area contributed by atoms with Gasteiger partial charge in [-0.15, -0.1) is 0 Å². The van der Waals surface area contributed by atoms with Crippen LogP contribution in [0.15, 0.2) is 12.3 Å². The van der Waals surface area contributed by atoms with E-state index in [-0.39, 0.29) is 11.1 Å². The highest BCUT2D eigenvalue weighted by atomic mass is 28.4. The maximum Gasteiger partial charge on any atom is 0.209 e. The van der Waals surface area contributed by atoms with E-state index in [0.29, 0.717) is 17.9 Å². The quantitative estimate of drug-likeness (QED) is 0.791. The summed E-state index contributed by atoms with van der Waals surface area (Å²) in [5, 5.41) is 7.07. The molecule has 0 aromatic carbocycles. The topological polar surface area (TPSA) is 47.1 Å². The lowest BCUT2D eigenvalue weighted by molar-refractivity contribution is -0.0192. The van der Waals surface area contributed by atoms with Gasteiger partial charge in [-0.1, -0.05) is 20.8 Å². The molecule has 3 rings (SSSR count). The minimum absolute atomic E-state index is 0.223. The number of H-pyrrole nitrogens is 1. The van der Waals surface area contributed by atoms with E-state index < -0.39 is 8.32 Å². The standard InChI is InChI=1S/C17H30N2O2Si/c1-16(2,3)22(4,5)21-14(12-20-15-7-11-18-19-15)13-6-8-17(13)9-10-17/h7,11,13-14H,6,8-10,12H2,1-5H3,(H,18,19). The van der Waals surface area contributed by atoms with Crippen molar-refractivity contribution in [3.05, 3.63) is 12.3 Å². The summed E-state index contributed by atoms with van der Waals surface area (Å²) < 4.78 is 12.7. The third-order valence-corrected chi connectivity index (χ3v) is 10.7. The summed E-state index contributed by atoms with van der Waals surface area (Å²) >= 11 is 0. The lowest BCUT2D eigenvalue weighted by atomic mass is 9.67. The highest BCUT2D eigenvalue weighted by molar-refractivity contribution is 6.74. The molecule has 2 fully saturated rings. The Morgan fingerprint density at radius 1 is 1.36 bits per heavy atom. The van der Waals surface area contributed by atoms with Crippen LogP contribution in [0.5, 0.6) is 5.88 Å². The van der Waals surface area contributed by atoms with E-state index in [1.807, 2.05) is 6.07 Å². The van der Waals surface area contributed by atoms with Gasteiger partial charge >= 0.3 is 0 Å². The second-order valence-electron chi connectivity index (χ2n) is 8.66. The van der Waals surface area contributed by atoms with E-state index in [1.54, 1.807) is 6.20 Å². The molecule has 124 valence electrons. The Morgan fingerprint density at radius 3 is 2.55 bits per heavy atom. The van der Waals surface area contributed by atoms with Crippen LogP contribution in [0.4, 0.5) is 0 Å². The van der Waals surface area contributed by atoms with E-state index in [4.69, 9.17) is 9.16 Å². The molecule has 1 heterocycles. The SMILES string of the molecule is CC(C)(C)[Si](C)(C)OC(COc1ccn[nH]1)C1CCC12CC2. The van der Waals surface area contributed by atoms with Crippen molar-refractivity contribution >= 4 is 8.32 Å². The summed E-state index contributed by atoms with van der Waals surface area (Å²) in [6.07, 6.45) is 7.41. The van der Waals surface area contributed by atoms with Gasteiger partial charge in [-0.3, -0.25) is 0 Å². The number of nitrogens with one attached hydrogen (secondary N) is 1. The largest absolute Gasteiger partial charge is 0.475 e. The molecule has 1 aromatic heterocycles. The Morgan fingerprint density at radius 2 is 2.09 bits per heavy atom. The third kappa shape index (κ3) is 2.97. The van der Waals surface area contributed by atoms with Crippen LogP contribution in [0.2, 0.25) is 18.1 Å². The van der Waals surface area contributed by atoms with E-state index in [0.717, 1.165) is 5.88 Å². The van der Waals surface area contributed by atoms with Gasteiger partial charge in [-0.05, 0) is 55.1 Å². The Hall–Kier alpha value is -0.813. The molecule has 0 aliphatic heterocycles. The van der Waals surface area contributed by atoms with Crippen molar-refractivity contribution in [3.8, 4) is 5.88 Å². The van der Waals surface area contributed by atoms with Crippen molar-refractivity contribution in [2.75, 3.05) is 6.61 Å². The molecule has 2 aliphatic rings. The fourth-order valence-electron chi connectivity index (χ4n) is 3.36. The second kappa shape index (κ2) is 5.37. The minimum Gasteiger partial charge on any atom is -0.475 e. The molecule has 2 aliphatic carbocycles. The molecule has 1 aromatic rings. The van der Waals surface area contributed by atoms with Crippen LogP contribution in [-0.4, -0.2) is 31.2 Å². The maximum absolute atomic E-state index is 6.76. The van der Waals surface area contributed by atoms with Crippen molar-refractivity contribution in [1.29, 1.82) is 0 Å². The fourth-order valence-corrected chi connectivity index (χ4v) is 4.71. The molecule has 2 saturated carbocycles. The van der Waals surface area contributed by atoms with Crippen molar-refractivity contribution in [3.63, 3.8) is 0 Å². The van der Waals surface area contributed by atoms with Crippen LogP contribution in [0.3, 0.4) is 0 Å². The van der Waals surface area contributed by atoms with Gasteiger partial charge in [-0.25, -0.2) is 5.10 Å². The van der Waals surface area contributed by atoms with Gasteiger partial charge in [0, 0.05) is 6.07 Å². The number of aromatic amines is 1. The number of aromatic nitrogens is 2. The summed E-state index contributed by atoms with van der Waals surface area (Å²) in [5.41, 5.74) is 0.602. The summed E-state index contributed by atoms with van der Waals surface area (Å²) in [5.74, 6) is 1.43. The second-order valence-corrected chi connectivity index (χ2v) is 13.4. The number of ether oxygens (including phenoxy) is 1. The third-order valence-electron chi connectivity index (χ3n) is 6.21. The molecule has 2 atom stereocenters. The summed E-state index contributed by atoms with van der Waals surface area (Å²) in [6, 6.07) is 1.87. The zero-order valence-electron chi connectivity index (χ0n) is 14.6. The zero-order valence-corrected chi connectivity index (χ0v) is 15.6. The van der Waals surface area contributed by atoms with Gasteiger partial charge in [-0.2, -0.15) is 5.10 Å². The van der Waals surface area contributed by atoms with Crippen LogP contribution in [0.1, 0.15) is 46.5 Å². The average Bonchev–Trinajstić information content (AvgIpc) is 3.06. The van der Waals surface area contributed by atoms with Gasteiger partial charge < -0.3 is 9.16 Å². The number of nitrogens with zero attached hydrogens (tertiary/aromatic N) is 1. The molecule has 0 amide bonds. The average molecular weight is 323 g/mol. The lowest BCUT2D eigenvalue weighted by Crippen LogP contribution is -2.51. The molecule has 22 heavy (non-hydrogen) atoms. The van der Waals surface area contributed by atoms with Gasteiger partial charge in [0.05, 0.1) is 12.3 Å². The first-order chi connectivity index (χ1) is 10.2. The van der Waals surface area contributed by atoms with Crippen LogP contribution in [-0.2, 0) is 4.43 Å². The van der Waals surface area contributed by atoms with Crippen molar-refractivity contribution in [2.24, 2.45) is 11.3 Å². The van der Waals surface area contributed by atoms with Crippen LogP contribution < -0.4 is 4.74 Å². The predicted molar refractivity (Wildman–Crippen MR) is 90.5 cm³/mol. The van der Waals surface area contributed by atoms with Gasteiger partial charge in [0.15, 0.2) is 8.32 Å². The molecule has 0 radical (unpaired) electrons. The van der Waals surface area contributed by atoms with E-state index >= 15 is 0 Å². The molecule has 5 heteroatoms. The van der Waals surface area contributed by atoms with Crippen molar-refractivity contribution in [2.45, 2.75) is 70.7 Å². The van der Waals surface area contributed by atoms with Crippen molar-refractivity contribution in [1.82, 2.24) is 10.2 Å². The Bertz CT molecular complexity index is 503. The molecule has 0 saturated heterocycles. The van der Waals surface area contributed by atoms with Gasteiger partial charge in [0.25, 0.3) is 0 Å². The van der Waals surface area contributed by atoms with Gasteiger partial charge in [0.2, 0.25) is 5.88 Å². The highest BCUT2D eigenvalue weighted by Crippen LogP contribution is 2.66. The molecular formula is C17H30N2O2Si. The first-order valence-electron chi connectivity index (χ1n) is 8.54. The van der Waals surface area contributed by atoms with E-state index in [2.05, 4.69) is 44.1 Å². The summed E-state index contributed by atoms with van der Waals surface area (Å²) in [7, 11) is -1.78. The minimum atomic E-state index is -1.78. The summed E-state index contributed by atoms with van der Waals surface area (Å²) in [6.45, 7) is 12.2. The maximum atomic E-state index is 6.76. The molecule has 4 nitrogen and oxygen atoms in total. The first kappa shape index (κ1) is 16.1. The molecule has 2 unspecified atom stereocenters. The smallest absolute Gasteiger partial charge is 0.209 e. The van der Waals surface area contributed by atoms with Crippen LogP contribution >= 0.6 is 0 Å². The van der Waals surface area contributed by atoms with E-state index in [1.165, 1.54) is 25.7 Å². The molecule has 1 N–H and O–H groups in total. The normalized spacial score (nSPS) is 24.9. The Kier molecular flexibility index (Phi) is 3.92. The fraction of sp³-hybridized carbons (Fsp3) is 0.824. The Balaban J connectivity index is 1.69. The number of hydrogen-bond donors (Lipinski definition) is 1. The highest BCUT2D eigenvalue weighted by Gasteiger charge is 2.59. The van der Waals surface area contributed by atoms with Gasteiger partial charge in [0.1, 0.15) is 6.61 Å². The van der Waals surface area contributed by atoms with Crippen LogP contribution in [0.25, 0.3) is 0 Å². The molecule has 0 bridgehead atoms. The zero-order chi connectivity index (χ0) is 16.0. The van der Waals surface area contributed by atoms with Crippen LogP contribution in [0, 0.1) is 11.3 Å². The first-order valence-corrected chi connectivity index (χ1v) is 11.4. The van der Waals surface area contributed by atoms with E-state index in [9.17, 15) is 0 Å². The predicted octanol–water partition coefficient (Wildman–Crippen LogP) is 4.37. The molecule has 1 spiro atoms. The number of rotatable bonds is 6. The Labute approximate surface area is 135 Å². The lowest BCUT2D eigenvalue weighted by Gasteiger charge is -2.47. The van der Waals surface area contributed by atoms with Crippen molar-refractivity contribution < 1.29 is 9.16 Å². The monoisotopic (exact) mass is 322 g/mol. The molecular weight excluding hydrogens is 292 g/mol. The summed E-state index contributed by atoms with van der Waals surface area (Å²) in [4.78, 5) is 0.